The zero-order valence-electron chi connectivity index (χ0n) is 22.7. The second-order valence-electron chi connectivity index (χ2n) is 9.99. The van der Waals surface area contributed by atoms with Gasteiger partial charge in [-0.05, 0) is 63.7 Å². The highest BCUT2D eigenvalue weighted by Gasteiger charge is 2.28. The number of aryl methyl sites for hydroxylation is 1. The summed E-state index contributed by atoms with van der Waals surface area (Å²) in [4.78, 5) is 19.8. The molecule has 1 fully saturated rings. The fourth-order valence-electron chi connectivity index (χ4n) is 4.95. The number of nitrogens with zero attached hydrogens (tertiary/aromatic N) is 4. The predicted molar refractivity (Wildman–Crippen MR) is 149 cm³/mol. The number of likely N-dealkylation sites (N-methyl/N-ethyl adjacent to an activating group) is 1. The highest BCUT2D eigenvalue weighted by atomic mass is 32.2. The molecule has 0 radical (unpaired) electrons. The maximum Gasteiger partial charge on any atom is 0.322 e. The summed E-state index contributed by atoms with van der Waals surface area (Å²) in [5.74, 6) is 0.937. The summed E-state index contributed by atoms with van der Waals surface area (Å²) in [6.45, 7) is 8.32. The lowest BCUT2D eigenvalue weighted by Gasteiger charge is -2.38. The van der Waals surface area contributed by atoms with Crippen molar-refractivity contribution in [1.82, 2.24) is 15.0 Å². The molecule has 1 saturated heterocycles. The fraction of sp³-hybridized carbons (Fsp3) is 0.407. The fourth-order valence-corrected chi connectivity index (χ4v) is 5.99. The summed E-state index contributed by atoms with van der Waals surface area (Å²) in [6, 6.07) is 9.91. The number of hydrogen-bond acceptors (Lipinski definition) is 8. The number of piperazine rings is 1. The topological polar surface area (TPSA) is 120 Å². The summed E-state index contributed by atoms with van der Waals surface area (Å²) < 4.78 is 38.7. The summed E-state index contributed by atoms with van der Waals surface area (Å²) >= 11 is 0. The molecule has 0 bridgehead atoms. The van der Waals surface area contributed by atoms with E-state index in [-0.39, 0.29) is 16.8 Å². The lowest BCUT2D eigenvalue weighted by atomic mass is 9.96. The van der Waals surface area contributed by atoms with Crippen LogP contribution in [-0.4, -0.2) is 76.3 Å². The molecule has 11 nitrogen and oxygen atoms in total. The second-order valence-corrected chi connectivity index (χ2v) is 11.7. The number of amides is 2. The van der Waals surface area contributed by atoms with Gasteiger partial charge >= 0.3 is 6.03 Å². The molecule has 3 aromatic rings. The smallest absolute Gasteiger partial charge is 0.322 e. The molecule has 39 heavy (non-hydrogen) atoms. The van der Waals surface area contributed by atoms with Crippen molar-refractivity contribution in [3.05, 3.63) is 58.8 Å². The molecule has 208 valence electrons. The number of rotatable bonds is 6. The Labute approximate surface area is 228 Å². The van der Waals surface area contributed by atoms with Gasteiger partial charge in [-0.2, -0.15) is 0 Å². The molecular formula is C27H34N6O5S. The van der Waals surface area contributed by atoms with Crippen LogP contribution in [0.2, 0.25) is 0 Å². The van der Waals surface area contributed by atoms with Gasteiger partial charge in [-0.25, -0.2) is 17.9 Å². The maximum absolute atomic E-state index is 13.2. The Hall–Kier alpha value is -3.77. The van der Waals surface area contributed by atoms with E-state index in [1.165, 1.54) is 12.1 Å². The molecule has 0 atom stereocenters. The number of carbonyl (C=O) groups excluding carboxylic acids is 1. The van der Waals surface area contributed by atoms with E-state index in [4.69, 9.17) is 9.26 Å². The van der Waals surface area contributed by atoms with Crippen molar-refractivity contribution in [3.63, 3.8) is 0 Å². The molecule has 0 spiro atoms. The van der Waals surface area contributed by atoms with E-state index in [9.17, 15) is 13.2 Å². The number of carbonyl (C=O) groups is 1. The normalized spacial score (nSPS) is 16.1. The number of sulfonamides is 1. The SMILES string of the molecule is COc1ccc(N2CCN(C)CC2)c2c1CCN(C(=O)Nc1ccc(S(=O)(=O)Nc3onc(C)c3C)cc1)C2. The number of urea groups is 1. The van der Waals surface area contributed by atoms with Crippen LogP contribution in [0.5, 0.6) is 5.75 Å². The Morgan fingerprint density at radius 2 is 1.72 bits per heavy atom. The molecule has 2 N–H and O–H groups in total. The number of nitrogens with one attached hydrogen (secondary N) is 2. The van der Waals surface area contributed by atoms with Gasteiger partial charge in [0.2, 0.25) is 5.88 Å². The van der Waals surface area contributed by atoms with E-state index in [0.717, 1.165) is 48.7 Å². The van der Waals surface area contributed by atoms with Crippen LogP contribution in [0.1, 0.15) is 22.4 Å². The number of fused-ring (bicyclic) bond motifs is 1. The minimum absolute atomic E-state index is 0.0461. The predicted octanol–water partition coefficient (Wildman–Crippen LogP) is 3.44. The molecule has 12 heteroatoms. The summed E-state index contributed by atoms with van der Waals surface area (Å²) in [6.07, 6.45) is 0.691. The van der Waals surface area contributed by atoms with Crippen LogP contribution in [0.15, 0.2) is 45.8 Å². The van der Waals surface area contributed by atoms with Gasteiger partial charge in [0.25, 0.3) is 10.0 Å². The first-order valence-electron chi connectivity index (χ1n) is 12.9. The highest BCUT2D eigenvalue weighted by molar-refractivity contribution is 7.92. The zero-order valence-corrected chi connectivity index (χ0v) is 23.5. The van der Waals surface area contributed by atoms with Crippen molar-refractivity contribution in [2.75, 3.05) is 61.8 Å². The van der Waals surface area contributed by atoms with Crippen molar-refractivity contribution >= 4 is 33.3 Å². The summed E-state index contributed by atoms with van der Waals surface area (Å²) in [5, 5.41) is 6.69. The van der Waals surface area contributed by atoms with Gasteiger partial charge in [-0.1, -0.05) is 5.16 Å². The van der Waals surface area contributed by atoms with Gasteiger partial charge in [0.05, 0.1) is 17.7 Å². The maximum atomic E-state index is 13.2. The van der Waals surface area contributed by atoms with Crippen LogP contribution in [0.4, 0.5) is 22.1 Å². The molecule has 0 saturated carbocycles. The quantitative estimate of drug-likeness (QED) is 0.476. The van der Waals surface area contributed by atoms with Gasteiger partial charge in [0.15, 0.2) is 0 Å². The van der Waals surface area contributed by atoms with E-state index in [2.05, 4.69) is 38.1 Å². The number of ether oxygens (including phenoxy) is 1. The molecule has 0 unspecified atom stereocenters. The van der Waals surface area contributed by atoms with Crippen molar-refractivity contribution in [1.29, 1.82) is 0 Å². The van der Waals surface area contributed by atoms with Gasteiger partial charge in [-0.3, -0.25) is 0 Å². The van der Waals surface area contributed by atoms with Crippen LogP contribution in [0, 0.1) is 13.8 Å². The first kappa shape index (κ1) is 26.8. The van der Waals surface area contributed by atoms with E-state index < -0.39 is 10.0 Å². The molecule has 3 heterocycles. The summed E-state index contributed by atoms with van der Waals surface area (Å²) in [5.41, 5.74) is 5.15. The van der Waals surface area contributed by atoms with Crippen molar-refractivity contribution in [2.24, 2.45) is 0 Å². The van der Waals surface area contributed by atoms with E-state index in [1.807, 2.05) is 6.07 Å². The van der Waals surface area contributed by atoms with Crippen molar-refractivity contribution in [3.8, 4) is 5.75 Å². The van der Waals surface area contributed by atoms with E-state index >= 15 is 0 Å². The number of aromatic nitrogens is 1. The minimum Gasteiger partial charge on any atom is -0.496 e. The summed E-state index contributed by atoms with van der Waals surface area (Å²) in [7, 11) is -0.0671. The largest absolute Gasteiger partial charge is 0.496 e. The van der Waals surface area contributed by atoms with Crippen LogP contribution in [-0.2, 0) is 23.0 Å². The standard InChI is InChI=1S/C27H34N6O5S/c1-18-19(2)29-38-26(18)30-39(35,36)21-7-5-20(6-8-21)28-27(34)33-12-11-22-23(17-33)24(9-10-25(22)37-4)32-15-13-31(3)14-16-32/h5-10,30H,11-17H2,1-4H3,(H,28,34). The Kier molecular flexibility index (Phi) is 7.41. The van der Waals surface area contributed by atoms with E-state index in [0.29, 0.717) is 36.5 Å². The first-order valence-corrected chi connectivity index (χ1v) is 14.4. The van der Waals surface area contributed by atoms with Crippen molar-refractivity contribution < 1.29 is 22.5 Å². The van der Waals surface area contributed by atoms with Crippen LogP contribution < -0.4 is 19.7 Å². The highest BCUT2D eigenvalue weighted by Crippen LogP contribution is 2.36. The molecule has 2 amide bonds. The first-order chi connectivity index (χ1) is 18.7. The minimum atomic E-state index is -3.87. The van der Waals surface area contributed by atoms with Crippen molar-refractivity contribution in [2.45, 2.75) is 31.7 Å². The Bertz CT molecular complexity index is 1460. The second kappa shape index (κ2) is 10.8. The molecule has 2 aliphatic heterocycles. The Balaban J connectivity index is 1.29. The number of benzene rings is 2. The monoisotopic (exact) mass is 554 g/mol. The third kappa shape index (κ3) is 5.52. The molecular weight excluding hydrogens is 520 g/mol. The number of hydrogen-bond donors (Lipinski definition) is 2. The molecule has 5 rings (SSSR count). The van der Waals surface area contributed by atoms with Gasteiger partial charge in [0, 0.05) is 67.3 Å². The zero-order chi connectivity index (χ0) is 27.7. The Morgan fingerprint density at radius 3 is 2.36 bits per heavy atom. The average Bonchev–Trinajstić information content (AvgIpc) is 3.24. The molecule has 2 aromatic carbocycles. The lowest BCUT2D eigenvalue weighted by Crippen LogP contribution is -2.46. The molecule has 0 aliphatic carbocycles. The van der Waals surface area contributed by atoms with Crippen LogP contribution >= 0.6 is 0 Å². The van der Waals surface area contributed by atoms with Gasteiger partial charge in [0.1, 0.15) is 5.75 Å². The lowest BCUT2D eigenvalue weighted by molar-refractivity contribution is 0.206. The van der Waals surface area contributed by atoms with Gasteiger partial charge in [-0.15, -0.1) is 0 Å². The van der Waals surface area contributed by atoms with Crippen LogP contribution in [0.25, 0.3) is 0 Å². The third-order valence-corrected chi connectivity index (χ3v) is 8.84. The molecule has 2 aliphatic rings. The number of methoxy groups -OCH3 is 1. The third-order valence-electron chi connectivity index (χ3n) is 7.50. The average molecular weight is 555 g/mol. The Morgan fingerprint density at radius 1 is 1.00 bits per heavy atom. The number of anilines is 3. The van der Waals surface area contributed by atoms with E-state index in [1.54, 1.807) is 38.0 Å². The van der Waals surface area contributed by atoms with Crippen LogP contribution in [0.3, 0.4) is 0 Å². The molecule has 1 aromatic heterocycles. The van der Waals surface area contributed by atoms with Gasteiger partial charge < -0.3 is 29.3 Å².